The average Bonchev–Trinajstić information content (AvgIpc) is 3.91. The molecule has 3 unspecified atom stereocenters. The molecular formula is C38H44O8. The van der Waals surface area contributed by atoms with Crippen molar-refractivity contribution in [2.24, 2.45) is 0 Å². The third-order valence-corrected chi connectivity index (χ3v) is 8.46. The molecule has 4 aromatic rings. The molecular weight excluding hydrogens is 584 g/mol. The summed E-state index contributed by atoms with van der Waals surface area (Å²) in [6.07, 6.45) is -1.82. The Balaban J connectivity index is 1.10. The van der Waals surface area contributed by atoms with Crippen LogP contribution in [0.5, 0.6) is 23.0 Å². The SMILES string of the molecule is CC(C)(c1ccc(OCC(O)Oc2ccc(C(C)(C)c3ccc(OCC(O)CO)cc3)cc2)cc1)c1ccc(OCC2CO2)cc1. The first kappa shape index (κ1) is 33.3. The summed E-state index contributed by atoms with van der Waals surface area (Å²) in [5.74, 6) is 2.65. The molecule has 0 aliphatic carbocycles. The van der Waals surface area contributed by atoms with Crippen LogP contribution in [-0.2, 0) is 15.6 Å². The van der Waals surface area contributed by atoms with Gasteiger partial charge in [-0.05, 0) is 70.8 Å². The molecule has 8 heteroatoms. The van der Waals surface area contributed by atoms with Gasteiger partial charge in [-0.1, -0.05) is 76.2 Å². The van der Waals surface area contributed by atoms with E-state index in [1.165, 1.54) is 5.56 Å². The minimum Gasteiger partial charge on any atom is -0.491 e. The molecule has 5 rings (SSSR count). The Bertz CT molecular complexity index is 1510. The van der Waals surface area contributed by atoms with Crippen LogP contribution < -0.4 is 18.9 Å². The fourth-order valence-electron chi connectivity index (χ4n) is 5.14. The lowest BCUT2D eigenvalue weighted by atomic mass is 9.78. The van der Waals surface area contributed by atoms with Gasteiger partial charge in [-0.25, -0.2) is 0 Å². The van der Waals surface area contributed by atoms with Gasteiger partial charge in [0.05, 0.1) is 13.2 Å². The molecule has 46 heavy (non-hydrogen) atoms. The van der Waals surface area contributed by atoms with E-state index in [2.05, 4.69) is 39.8 Å². The molecule has 0 saturated carbocycles. The lowest BCUT2D eigenvalue weighted by Crippen LogP contribution is -2.24. The Morgan fingerprint density at radius 2 is 0.978 bits per heavy atom. The van der Waals surface area contributed by atoms with Crippen LogP contribution in [0, 0.1) is 0 Å². The van der Waals surface area contributed by atoms with Gasteiger partial charge in [-0.15, -0.1) is 0 Å². The first-order valence-electron chi connectivity index (χ1n) is 15.6. The summed E-state index contributed by atoms with van der Waals surface area (Å²) in [6, 6.07) is 31.4. The standard InChI is InChI=1S/C38H44O8/c1-37(2,27-7-15-32(16-8-27)43-23-35-24-44-35)28-9-17-33(18-10-28)45-25-36(41)46-34-19-11-29(12-20-34)38(3,4)26-5-13-31(14-6-26)42-22-30(40)21-39/h5-20,30,35-36,39-41H,21-25H2,1-4H3. The summed E-state index contributed by atoms with van der Waals surface area (Å²) in [7, 11) is 0. The molecule has 1 saturated heterocycles. The van der Waals surface area contributed by atoms with Crippen molar-refractivity contribution in [3.8, 4) is 23.0 Å². The van der Waals surface area contributed by atoms with Crippen LogP contribution in [0.1, 0.15) is 49.9 Å². The van der Waals surface area contributed by atoms with Gasteiger partial charge in [0, 0.05) is 10.8 Å². The van der Waals surface area contributed by atoms with Gasteiger partial charge >= 0.3 is 0 Å². The first-order chi connectivity index (χ1) is 22.0. The van der Waals surface area contributed by atoms with Crippen molar-refractivity contribution in [2.75, 3.05) is 33.0 Å². The Morgan fingerprint density at radius 3 is 1.37 bits per heavy atom. The second-order valence-electron chi connectivity index (χ2n) is 12.6. The summed E-state index contributed by atoms with van der Waals surface area (Å²) in [4.78, 5) is 0. The number of hydrogen-bond donors (Lipinski definition) is 3. The van der Waals surface area contributed by atoms with Crippen LogP contribution in [-0.4, -0.2) is 66.9 Å². The molecule has 0 aromatic heterocycles. The highest BCUT2D eigenvalue weighted by molar-refractivity contribution is 5.43. The second-order valence-corrected chi connectivity index (χ2v) is 12.6. The van der Waals surface area contributed by atoms with E-state index in [9.17, 15) is 10.2 Å². The van der Waals surface area contributed by atoms with Crippen LogP contribution in [0.2, 0.25) is 0 Å². The normalized spacial score (nSPS) is 15.9. The Kier molecular flexibility index (Phi) is 10.5. The van der Waals surface area contributed by atoms with E-state index in [1.54, 1.807) is 0 Å². The highest BCUT2D eigenvalue weighted by atomic mass is 16.6. The van der Waals surface area contributed by atoms with Crippen LogP contribution in [0.15, 0.2) is 97.1 Å². The largest absolute Gasteiger partial charge is 0.491 e. The number of rotatable bonds is 16. The van der Waals surface area contributed by atoms with Crippen molar-refractivity contribution >= 4 is 0 Å². The minimum absolute atomic E-state index is 0.0207. The summed E-state index contributed by atoms with van der Waals surface area (Å²) >= 11 is 0. The summed E-state index contributed by atoms with van der Waals surface area (Å²) in [6.45, 7) is 9.65. The molecule has 4 aromatic carbocycles. The fourth-order valence-corrected chi connectivity index (χ4v) is 5.14. The molecule has 1 heterocycles. The molecule has 244 valence electrons. The third-order valence-electron chi connectivity index (χ3n) is 8.46. The van der Waals surface area contributed by atoms with Gasteiger partial charge in [0.25, 0.3) is 0 Å². The molecule has 1 aliphatic rings. The molecule has 0 spiro atoms. The predicted molar refractivity (Wildman–Crippen MR) is 176 cm³/mol. The Hall–Kier alpha value is -4.08. The molecule has 1 fully saturated rings. The maximum atomic E-state index is 10.5. The lowest BCUT2D eigenvalue weighted by Gasteiger charge is -2.27. The first-order valence-corrected chi connectivity index (χ1v) is 15.6. The topological polar surface area (TPSA) is 110 Å². The molecule has 0 bridgehead atoms. The van der Waals surface area contributed by atoms with Crippen LogP contribution in [0.4, 0.5) is 0 Å². The van der Waals surface area contributed by atoms with Crippen molar-refractivity contribution in [1.82, 2.24) is 0 Å². The van der Waals surface area contributed by atoms with E-state index >= 15 is 0 Å². The van der Waals surface area contributed by atoms with Crippen LogP contribution in [0.25, 0.3) is 0 Å². The number of aliphatic hydroxyl groups excluding tert-OH is 3. The predicted octanol–water partition coefficient (Wildman–Crippen LogP) is 5.62. The zero-order chi connectivity index (χ0) is 32.7. The Labute approximate surface area is 271 Å². The zero-order valence-corrected chi connectivity index (χ0v) is 26.9. The average molecular weight is 629 g/mol. The number of hydrogen-bond acceptors (Lipinski definition) is 8. The maximum absolute atomic E-state index is 10.5. The molecule has 0 radical (unpaired) electrons. The van der Waals surface area contributed by atoms with Crippen LogP contribution in [0.3, 0.4) is 0 Å². The quantitative estimate of drug-likeness (QED) is 0.108. The van der Waals surface area contributed by atoms with Crippen molar-refractivity contribution in [2.45, 2.75) is 57.0 Å². The highest BCUT2D eigenvalue weighted by Crippen LogP contribution is 2.35. The van der Waals surface area contributed by atoms with E-state index in [-0.39, 0.29) is 36.8 Å². The summed E-state index contributed by atoms with van der Waals surface area (Å²) < 4.78 is 28.0. The second kappa shape index (κ2) is 14.6. The molecule has 3 atom stereocenters. The van der Waals surface area contributed by atoms with E-state index in [4.69, 9.17) is 28.8 Å². The van der Waals surface area contributed by atoms with E-state index in [0.29, 0.717) is 23.9 Å². The maximum Gasteiger partial charge on any atom is 0.231 e. The lowest BCUT2D eigenvalue weighted by molar-refractivity contribution is -0.0478. The van der Waals surface area contributed by atoms with Gasteiger partial charge in [0.1, 0.15) is 48.4 Å². The van der Waals surface area contributed by atoms with Gasteiger partial charge in [0.15, 0.2) is 6.61 Å². The number of ether oxygens (including phenoxy) is 5. The van der Waals surface area contributed by atoms with Crippen molar-refractivity contribution in [3.05, 3.63) is 119 Å². The highest BCUT2D eigenvalue weighted by Gasteiger charge is 2.26. The van der Waals surface area contributed by atoms with E-state index in [1.807, 2.05) is 84.9 Å². The fraction of sp³-hybridized carbons (Fsp3) is 0.368. The van der Waals surface area contributed by atoms with E-state index < -0.39 is 12.4 Å². The number of benzene rings is 4. The van der Waals surface area contributed by atoms with Gasteiger partial charge < -0.3 is 39.0 Å². The zero-order valence-electron chi connectivity index (χ0n) is 26.9. The number of epoxide rings is 1. The van der Waals surface area contributed by atoms with Gasteiger partial charge in [-0.3, -0.25) is 0 Å². The summed E-state index contributed by atoms with van der Waals surface area (Å²) in [5, 5.41) is 29.0. The molecule has 8 nitrogen and oxygen atoms in total. The monoisotopic (exact) mass is 628 g/mol. The smallest absolute Gasteiger partial charge is 0.231 e. The molecule has 3 N–H and O–H groups in total. The number of aliphatic hydroxyl groups is 3. The Morgan fingerprint density at radius 1 is 0.609 bits per heavy atom. The van der Waals surface area contributed by atoms with Gasteiger partial charge in [-0.2, -0.15) is 0 Å². The van der Waals surface area contributed by atoms with E-state index in [0.717, 1.165) is 29.0 Å². The van der Waals surface area contributed by atoms with Crippen LogP contribution >= 0.6 is 0 Å². The van der Waals surface area contributed by atoms with Crippen molar-refractivity contribution in [1.29, 1.82) is 0 Å². The molecule has 0 amide bonds. The third kappa shape index (κ3) is 8.59. The molecule has 1 aliphatic heterocycles. The van der Waals surface area contributed by atoms with Crippen molar-refractivity contribution < 1.29 is 39.0 Å². The van der Waals surface area contributed by atoms with Crippen molar-refractivity contribution in [3.63, 3.8) is 0 Å². The summed E-state index contributed by atoms with van der Waals surface area (Å²) in [5.41, 5.74) is 3.96. The van der Waals surface area contributed by atoms with Gasteiger partial charge in [0.2, 0.25) is 6.29 Å². The minimum atomic E-state index is -1.14.